The molecule has 0 unspecified atom stereocenters. The average molecular weight is 364 g/mol. The van der Waals surface area contributed by atoms with Crippen LogP contribution in [0.15, 0.2) is 60.9 Å². The standard InChI is InChI=1S/C20H20N4O3/c25-20(23-16-7-8-17-18(13-16)27-14-26-17)22-9-4-11-24-12-10-21-19(24)15-5-2-1-3-6-15/h1-3,5-8,10,12-13H,4,9,11,14H2,(H2,22,23,25). The highest BCUT2D eigenvalue weighted by Gasteiger charge is 2.14. The molecular weight excluding hydrogens is 344 g/mol. The van der Waals surface area contributed by atoms with Gasteiger partial charge >= 0.3 is 6.03 Å². The van der Waals surface area contributed by atoms with Crippen molar-refractivity contribution in [3.63, 3.8) is 0 Å². The molecule has 7 nitrogen and oxygen atoms in total. The molecule has 27 heavy (non-hydrogen) atoms. The van der Waals surface area contributed by atoms with E-state index in [4.69, 9.17) is 9.47 Å². The molecule has 0 fully saturated rings. The topological polar surface area (TPSA) is 77.4 Å². The van der Waals surface area contributed by atoms with Crippen LogP contribution in [0.25, 0.3) is 11.4 Å². The number of aromatic nitrogens is 2. The number of hydrogen-bond donors (Lipinski definition) is 2. The predicted octanol–water partition coefficient (Wildman–Crippen LogP) is 3.49. The van der Waals surface area contributed by atoms with Crippen LogP contribution < -0.4 is 20.1 Å². The van der Waals surface area contributed by atoms with Gasteiger partial charge in [-0.1, -0.05) is 30.3 Å². The zero-order valence-electron chi connectivity index (χ0n) is 14.7. The fourth-order valence-corrected chi connectivity index (χ4v) is 2.94. The maximum absolute atomic E-state index is 12.0. The summed E-state index contributed by atoms with van der Waals surface area (Å²) in [6.45, 7) is 1.54. The molecule has 2 heterocycles. The first-order chi connectivity index (χ1) is 13.3. The van der Waals surface area contributed by atoms with Crippen molar-refractivity contribution in [2.75, 3.05) is 18.7 Å². The first-order valence-electron chi connectivity index (χ1n) is 8.81. The number of rotatable bonds is 6. The zero-order valence-corrected chi connectivity index (χ0v) is 14.7. The SMILES string of the molecule is O=C(NCCCn1ccnc1-c1ccccc1)Nc1ccc2c(c1)OCO2. The van der Waals surface area contributed by atoms with Crippen molar-refractivity contribution in [1.82, 2.24) is 14.9 Å². The second-order valence-electron chi connectivity index (χ2n) is 6.11. The minimum Gasteiger partial charge on any atom is -0.454 e. The van der Waals surface area contributed by atoms with Crippen molar-refractivity contribution >= 4 is 11.7 Å². The van der Waals surface area contributed by atoms with Gasteiger partial charge in [0.25, 0.3) is 0 Å². The van der Waals surface area contributed by atoms with Gasteiger partial charge in [-0.25, -0.2) is 9.78 Å². The van der Waals surface area contributed by atoms with Crippen LogP contribution in [0.5, 0.6) is 11.5 Å². The number of anilines is 1. The van der Waals surface area contributed by atoms with Crippen molar-refractivity contribution in [2.45, 2.75) is 13.0 Å². The molecule has 1 aliphatic rings. The Morgan fingerprint density at radius 3 is 2.85 bits per heavy atom. The van der Waals surface area contributed by atoms with Crippen molar-refractivity contribution in [3.05, 3.63) is 60.9 Å². The van der Waals surface area contributed by atoms with Crippen LogP contribution in [0.1, 0.15) is 6.42 Å². The summed E-state index contributed by atoms with van der Waals surface area (Å²) in [7, 11) is 0. The molecule has 0 spiro atoms. The molecule has 1 aromatic heterocycles. The minimum absolute atomic E-state index is 0.213. The highest BCUT2D eigenvalue weighted by Crippen LogP contribution is 2.34. The third-order valence-electron chi connectivity index (χ3n) is 4.24. The second-order valence-corrected chi connectivity index (χ2v) is 6.11. The number of carbonyl (C=O) groups is 1. The summed E-state index contributed by atoms with van der Waals surface area (Å²) in [5.41, 5.74) is 1.74. The lowest BCUT2D eigenvalue weighted by atomic mass is 10.2. The molecule has 2 amide bonds. The Kier molecular flexibility index (Phi) is 4.91. The smallest absolute Gasteiger partial charge is 0.319 e. The van der Waals surface area contributed by atoms with Gasteiger partial charge in [0.05, 0.1) is 0 Å². The quantitative estimate of drug-likeness (QED) is 0.657. The van der Waals surface area contributed by atoms with E-state index in [2.05, 4.69) is 20.2 Å². The van der Waals surface area contributed by atoms with Crippen molar-refractivity contribution < 1.29 is 14.3 Å². The summed E-state index contributed by atoms with van der Waals surface area (Å²) in [6.07, 6.45) is 4.54. The Hall–Kier alpha value is -3.48. The average Bonchev–Trinajstić information content (AvgIpc) is 3.35. The maximum Gasteiger partial charge on any atom is 0.319 e. The fourth-order valence-electron chi connectivity index (χ4n) is 2.94. The van der Waals surface area contributed by atoms with Crippen LogP contribution in [0.4, 0.5) is 10.5 Å². The van der Waals surface area contributed by atoms with E-state index in [0.29, 0.717) is 23.7 Å². The monoisotopic (exact) mass is 364 g/mol. The Morgan fingerprint density at radius 1 is 1.11 bits per heavy atom. The highest BCUT2D eigenvalue weighted by molar-refractivity contribution is 5.89. The molecule has 2 aromatic carbocycles. The van der Waals surface area contributed by atoms with E-state index >= 15 is 0 Å². The van der Waals surface area contributed by atoms with Crippen LogP contribution in [0, 0.1) is 0 Å². The van der Waals surface area contributed by atoms with E-state index in [1.807, 2.05) is 36.5 Å². The number of imidazole rings is 1. The molecule has 0 radical (unpaired) electrons. The largest absolute Gasteiger partial charge is 0.454 e. The molecule has 2 N–H and O–H groups in total. The highest BCUT2D eigenvalue weighted by atomic mass is 16.7. The summed E-state index contributed by atoms with van der Waals surface area (Å²) in [5.74, 6) is 2.26. The number of urea groups is 1. The molecule has 0 saturated heterocycles. The van der Waals surface area contributed by atoms with Gasteiger partial charge in [0, 0.05) is 42.8 Å². The molecule has 1 aliphatic heterocycles. The summed E-state index contributed by atoms with van der Waals surface area (Å²) in [5, 5.41) is 5.66. The normalized spacial score (nSPS) is 12.0. The van der Waals surface area contributed by atoms with E-state index in [1.165, 1.54) is 0 Å². The van der Waals surface area contributed by atoms with Gasteiger partial charge in [0.15, 0.2) is 11.5 Å². The number of amides is 2. The lowest BCUT2D eigenvalue weighted by Gasteiger charge is -2.10. The Bertz CT molecular complexity index is 924. The van der Waals surface area contributed by atoms with Gasteiger partial charge in [-0.3, -0.25) is 0 Å². The molecule has 0 saturated carbocycles. The molecule has 0 aliphatic carbocycles. The predicted molar refractivity (Wildman–Crippen MR) is 102 cm³/mol. The maximum atomic E-state index is 12.0. The van der Waals surface area contributed by atoms with Gasteiger partial charge in [-0.15, -0.1) is 0 Å². The number of benzene rings is 2. The Balaban J connectivity index is 1.25. The Labute approximate surface area is 156 Å². The van der Waals surface area contributed by atoms with Crippen molar-refractivity contribution in [3.8, 4) is 22.9 Å². The van der Waals surface area contributed by atoms with Crippen LogP contribution in [-0.4, -0.2) is 28.9 Å². The van der Waals surface area contributed by atoms with E-state index in [-0.39, 0.29) is 12.8 Å². The van der Waals surface area contributed by atoms with Gasteiger partial charge in [0.2, 0.25) is 6.79 Å². The Morgan fingerprint density at radius 2 is 1.96 bits per heavy atom. The molecular formula is C20H20N4O3. The first kappa shape index (κ1) is 17.0. The van der Waals surface area contributed by atoms with Gasteiger partial charge in [-0.2, -0.15) is 0 Å². The summed E-state index contributed by atoms with van der Waals surface area (Å²) >= 11 is 0. The van der Waals surface area contributed by atoms with Gasteiger partial charge < -0.3 is 24.7 Å². The fraction of sp³-hybridized carbons (Fsp3) is 0.200. The molecule has 7 heteroatoms. The number of ether oxygens (including phenoxy) is 2. The lowest BCUT2D eigenvalue weighted by molar-refractivity contribution is 0.174. The van der Waals surface area contributed by atoms with E-state index in [9.17, 15) is 4.79 Å². The third kappa shape index (κ3) is 4.03. The number of nitrogens with one attached hydrogen (secondary N) is 2. The molecule has 138 valence electrons. The summed E-state index contributed by atoms with van der Waals surface area (Å²) in [6, 6.07) is 15.1. The van der Waals surface area contributed by atoms with Crippen molar-refractivity contribution in [2.24, 2.45) is 0 Å². The molecule has 4 rings (SSSR count). The van der Waals surface area contributed by atoms with Gasteiger partial charge in [0.1, 0.15) is 5.82 Å². The number of hydrogen-bond acceptors (Lipinski definition) is 4. The van der Waals surface area contributed by atoms with Gasteiger partial charge in [-0.05, 0) is 18.6 Å². The summed E-state index contributed by atoms with van der Waals surface area (Å²) < 4.78 is 12.7. The van der Waals surface area contributed by atoms with Crippen LogP contribution in [0.3, 0.4) is 0 Å². The number of aryl methyl sites for hydroxylation is 1. The molecule has 3 aromatic rings. The number of nitrogens with zero attached hydrogens (tertiary/aromatic N) is 2. The van der Waals surface area contributed by atoms with Crippen LogP contribution in [0.2, 0.25) is 0 Å². The minimum atomic E-state index is -0.247. The van der Waals surface area contributed by atoms with E-state index in [0.717, 1.165) is 24.4 Å². The number of carbonyl (C=O) groups excluding carboxylic acids is 1. The summed E-state index contributed by atoms with van der Waals surface area (Å²) in [4.78, 5) is 16.5. The van der Waals surface area contributed by atoms with Crippen LogP contribution in [-0.2, 0) is 6.54 Å². The second kappa shape index (κ2) is 7.82. The molecule has 0 atom stereocenters. The van der Waals surface area contributed by atoms with E-state index in [1.54, 1.807) is 24.4 Å². The third-order valence-corrected chi connectivity index (χ3v) is 4.24. The molecule has 0 bridgehead atoms. The zero-order chi connectivity index (χ0) is 18.5. The number of fused-ring (bicyclic) bond motifs is 1. The van der Waals surface area contributed by atoms with E-state index < -0.39 is 0 Å². The van der Waals surface area contributed by atoms with Crippen molar-refractivity contribution in [1.29, 1.82) is 0 Å². The lowest BCUT2D eigenvalue weighted by Crippen LogP contribution is -2.30. The van der Waals surface area contributed by atoms with Crippen LogP contribution >= 0.6 is 0 Å². The first-order valence-corrected chi connectivity index (χ1v) is 8.81.